The van der Waals surface area contributed by atoms with Crippen molar-refractivity contribution in [3.63, 3.8) is 0 Å². The summed E-state index contributed by atoms with van der Waals surface area (Å²) in [7, 11) is 0. The van der Waals surface area contributed by atoms with Crippen LogP contribution in [0.4, 0.5) is 0 Å². The van der Waals surface area contributed by atoms with E-state index in [-0.39, 0.29) is 59.5 Å². The van der Waals surface area contributed by atoms with Gasteiger partial charge in [0.05, 0.1) is 13.2 Å². The van der Waals surface area contributed by atoms with Crippen molar-refractivity contribution in [1.29, 1.82) is 0 Å². The molecule has 16 heteroatoms. The molecule has 9 rings (SSSR count). The van der Waals surface area contributed by atoms with E-state index in [1.165, 1.54) is 0 Å². The monoisotopic (exact) mass is 1360 g/mol. The van der Waals surface area contributed by atoms with E-state index in [1.54, 1.807) is 6.08 Å². The number of aliphatic hydroxyl groups is 2. The van der Waals surface area contributed by atoms with Crippen molar-refractivity contribution in [2.45, 2.75) is 211 Å². The predicted octanol–water partition coefficient (Wildman–Crippen LogP) is 13.4. The van der Waals surface area contributed by atoms with Crippen LogP contribution < -0.4 is 0 Å². The van der Waals surface area contributed by atoms with Gasteiger partial charge in [0.2, 0.25) is 0 Å². The molecular formula is C75H98O15Sn. The van der Waals surface area contributed by atoms with Crippen LogP contribution in [0.5, 0.6) is 0 Å². The molecule has 0 amide bonds. The average Bonchev–Trinajstić information content (AvgIpc) is 0.800. The third-order valence-corrected chi connectivity index (χ3v) is 30.2. The van der Waals surface area contributed by atoms with Crippen LogP contribution in [0.15, 0.2) is 195 Å². The van der Waals surface area contributed by atoms with Gasteiger partial charge >= 0.3 is 386 Å². The van der Waals surface area contributed by atoms with Crippen LogP contribution in [0.2, 0.25) is 13.3 Å². The van der Waals surface area contributed by atoms with Gasteiger partial charge in [-0.3, -0.25) is 0 Å². The molecule has 0 aromatic heterocycles. The Morgan fingerprint density at radius 1 is 0.396 bits per heavy atom. The molecule has 2 N–H and O–H groups in total. The number of rotatable bonds is 38. The fourth-order valence-corrected chi connectivity index (χ4v) is 26.4. The molecule has 6 aromatic carbocycles. The summed E-state index contributed by atoms with van der Waals surface area (Å²) in [4.78, 5) is 0. The maximum atomic E-state index is 13.2. The van der Waals surface area contributed by atoms with Crippen molar-refractivity contribution >= 4 is 18.8 Å². The molecule has 0 saturated carbocycles. The predicted molar refractivity (Wildman–Crippen MR) is 352 cm³/mol. The summed E-state index contributed by atoms with van der Waals surface area (Å²) in [6.07, 6.45) is -8.32. The molecule has 492 valence electrons. The van der Waals surface area contributed by atoms with Crippen molar-refractivity contribution in [1.82, 2.24) is 0 Å². The van der Waals surface area contributed by atoms with Gasteiger partial charge in [0, 0.05) is 0 Å². The Morgan fingerprint density at radius 3 is 1.20 bits per heavy atom. The second-order valence-electron chi connectivity index (χ2n) is 24.2. The van der Waals surface area contributed by atoms with Gasteiger partial charge in [-0.2, -0.15) is 0 Å². The zero-order chi connectivity index (χ0) is 63.5. The first-order valence-corrected chi connectivity index (χ1v) is 40.3. The van der Waals surface area contributed by atoms with E-state index in [2.05, 4.69) is 27.4 Å². The third-order valence-electron chi connectivity index (χ3n) is 17.2. The summed E-state index contributed by atoms with van der Waals surface area (Å²) < 4.78 is 94.8. The molecule has 0 bridgehead atoms. The van der Waals surface area contributed by atoms with E-state index in [0.29, 0.717) is 0 Å². The van der Waals surface area contributed by atoms with E-state index in [0.717, 1.165) is 85.2 Å². The molecule has 3 aliphatic heterocycles. The Balaban J connectivity index is 1.15. The first-order chi connectivity index (χ1) is 44.7. The summed E-state index contributed by atoms with van der Waals surface area (Å²) in [5.74, 6) is 0. The molecule has 3 aliphatic rings. The topological polar surface area (TPSA) is 160 Å². The van der Waals surface area contributed by atoms with Crippen LogP contribution in [-0.4, -0.2) is 141 Å². The molecule has 91 heavy (non-hydrogen) atoms. The van der Waals surface area contributed by atoms with Crippen molar-refractivity contribution in [3.05, 3.63) is 228 Å². The standard InChI is InChI=1S/C63H71O15.3C4H9.Sn/c1-3-34-69-62-60(73-40-49-32-20-9-21-33-49)58(78-61-54(66)53(65)52(64)50(75-61)41-67-35-44-22-10-4-11-23-44)56(51(76-62)42-68-36-45-24-12-5-13-25-45)77-63-59(72-39-48-30-18-8-19-31-48)57(71-38-47-28-16-7-17-29-47)55(43(2)74-63)70-37-46-26-14-6-15-27-46;3*1-3-4-2;/h3-33,43,50-64,66H,1,34-42H2,2H3;3*1,3-4H2,2H3;/q-1;;;;+1/t43-,50+,51+,52-,53-,54+,55+,56+,57+,58-,59-,60+,61-,62+,63-;;;;/m0..../s1. The van der Waals surface area contributed by atoms with Gasteiger partial charge in [-0.15, -0.1) is 0 Å². The first-order valence-electron chi connectivity index (χ1n) is 33.1. The van der Waals surface area contributed by atoms with Crippen LogP contribution in [0, 0.1) is 0 Å². The van der Waals surface area contributed by atoms with Gasteiger partial charge in [0.1, 0.15) is 0 Å². The molecule has 15 nitrogen and oxygen atoms in total. The van der Waals surface area contributed by atoms with Crippen molar-refractivity contribution in [2.75, 3.05) is 19.8 Å². The minimum atomic E-state index is -3.69. The molecule has 0 unspecified atom stereocenters. The van der Waals surface area contributed by atoms with E-state index in [4.69, 9.17) is 59.9 Å². The number of aliphatic hydroxyl groups excluding tert-OH is 2. The van der Waals surface area contributed by atoms with Crippen LogP contribution in [0.1, 0.15) is 99.6 Å². The quantitative estimate of drug-likeness (QED) is 0.0278. The average molecular weight is 1360 g/mol. The first kappa shape index (κ1) is 70.6. The normalized spacial score (nSPS) is 26.9. The molecule has 0 aliphatic carbocycles. The summed E-state index contributed by atoms with van der Waals surface area (Å²) in [6, 6.07) is 59.6. The van der Waals surface area contributed by atoms with Gasteiger partial charge in [-0.1, -0.05) is 127 Å². The third kappa shape index (κ3) is 21.1. The summed E-state index contributed by atoms with van der Waals surface area (Å²) in [5, 5.41) is 26.0. The van der Waals surface area contributed by atoms with Gasteiger partial charge < -0.3 is 4.74 Å². The number of hydrogen-bond acceptors (Lipinski definition) is 15. The Morgan fingerprint density at radius 2 is 0.769 bits per heavy atom. The Bertz CT molecular complexity index is 2880. The fraction of sp³-hybridized carbons (Fsp3) is 0.493. The number of hydrogen-bond donors (Lipinski definition) is 2. The molecular weight excluding hydrogens is 1260 g/mol. The Kier molecular flexibility index (Phi) is 29.4. The zero-order valence-corrected chi connectivity index (χ0v) is 56.5. The van der Waals surface area contributed by atoms with Crippen molar-refractivity contribution in [3.8, 4) is 0 Å². The van der Waals surface area contributed by atoms with E-state index < -0.39 is 111 Å². The Hall–Kier alpha value is -4.74. The van der Waals surface area contributed by atoms with Crippen LogP contribution >= 0.6 is 0 Å². The summed E-state index contributed by atoms with van der Waals surface area (Å²) >= 11 is -3.69. The molecule has 6 aromatic rings. The second kappa shape index (κ2) is 38.0. The summed E-state index contributed by atoms with van der Waals surface area (Å²) in [6.45, 7) is 13.9. The molecule has 3 fully saturated rings. The Labute approximate surface area is 544 Å². The molecule has 3 heterocycles. The molecule has 15 atom stereocenters. The van der Waals surface area contributed by atoms with Gasteiger partial charge in [0.15, 0.2) is 0 Å². The maximum absolute atomic E-state index is 13.2. The van der Waals surface area contributed by atoms with Gasteiger partial charge in [-0.05, 0) is 16.7 Å². The number of unbranched alkanes of at least 4 members (excludes halogenated alkanes) is 3. The second-order valence-corrected chi connectivity index (χ2v) is 35.9. The van der Waals surface area contributed by atoms with Crippen molar-refractivity contribution in [2.24, 2.45) is 0 Å². The SMILES string of the molecule is C=CCO[C@@H]1O[C@H](COCc2ccccc2)[C@@H](O[C@@H]2O[C@@H](C)[C@@H](OCc3ccccc3)[C@@H](OCc3ccccc3)[C@@H]2OCc2ccccc2)[C@H](O[C@@H]2O[C@H](COCc3ccccc3)[C@H](O)[C@H]([O][Sn]([CH2]CCC)([CH2]CCC)[CH2]CCC)[C@H]2O)[C@H]1OCc1ccccc1. The molecule has 0 radical (unpaired) electrons. The number of ether oxygens (including phenoxy) is 12. The minimum absolute atomic E-state index is 0.0227. The molecule has 3 saturated heterocycles. The summed E-state index contributed by atoms with van der Waals surface area (Å²) in [5.41, 5.74) is 5.66. The van der Waals surface area contributed by atoms with Gasteiger partial charge in [0.25, 0.3) is 0 Å². The van der Waals surface area contributed by atoms with Crippen molar-refractivity contribution < 1.29 is 70.1 Å². The van der Waals surface area contributed by atoms with Crippen LogP contribution in [0.3, 0.4) is 0 Å². The fourth-order valence-electron chi connectivity index (χ4n) is 12.2. The van der Waals surface area contributed by atoms with E-state index in [9.17, 15) is 10.2 Å². The van der Waals surface area contributed by atoms with Crippen LogP contribution in [-0.2, 0) is 99.6 Å². The van der Waals surface area contributed by atoms with Crippen LogP contribution in [0.25, 0.3) is 0 Å². The van der Waals surface area contributed by atoms with Gasteiger partial charge in [-0.25, -0.2) is 0 Å². The van der Waals surface area contributed by atoms with E-state index in [1.807, 2.05) is 189 Å². The van der Waals surface area contributed by atoms with E-state index >= 15 is 0 Å². The molecule has 0 spiro atoms. The number of benzene rings is 6. The zero-order valence-electron chi connectivity index (χ0n) is 53.7.